The normalized spacial score (nSPS) is 16.0. The first-order chi connectivity index (χ1) is 20.2. The van der Waals surface area contributed by atoms with Crippen LogP contribution >= 0.6 is 11.3 Å². The van der Waals surface area contributed by atoms with E-state index in [1.54, 1.807) is 38.1 Å². The Hall–Kier alpha value is -4.64. The van der Waals surface area contributed by atoms with Crippen LogP contribution in [0.25, 0.3) is 5.76 Å². The minimum absolute atomic E-state index is 0.00897. The standard InChI is InChI=1S/C31H32N2O8S/c1-5-8-15-40-21-11-9-10-20(16-21)26(35)24-25(19-12-13-22(34)23(17-19)39-7-3)33(29(37)27(24)36)31-32-18(4)28(42-31)30(38)41-14-6-2/h6,9-13,16-17,25,34-35H,2,5,7-8,14-15H2,1,3-4H3. The number of aromatic hydroxyl groups is 1. The van der Waals surface area contributed by atoms with Crippen molar-refractivity contribution in [2.24, 2.45) is 0 Å². The molecule has 1 saturated heterocycles. The van der Waals surface area contributed by atoms with Gasteiger partial charge in [-0.1, -0.05) is 55.5 Å². The molecule has 1 atom stereocenters. The Kier molecular flexibility index (Phi) is 9.64. The molecule has 10 nitrogen and oxygen atoms in total. The summed E-state index contributed by atoms with van der Waals surface area (Å²) >= 11 is 0.888. The Bertz CT molecular complexity index is 1540. The van der Waals surface area contributed by atoms with E-state index in [-0.39, 0.29) is 45.9 Å². The van der Waals surface area contributed by atoms with E-state index in [0.717, 1.165) is 29.1 Å². The lowest BCUT2D eigenvalue weighted by molar-refractivity contribution is -0.132. The van der Waals surface area contributed by atoms with E-state index >= 15 is 0 Å². The zero-order valence-corrected chi connectivity index (χ0v) is 24.4. The van der Waals surface area contributed by atoms with Gasteiger partial charge in [-0.2, -0.15) is 0 Å². The number of aliphatic hydroxyl groups excluding tert-OH is 1. The molecule has 1 fully saturated rings. The molecule has 3 aromatic rings. The molecule has 0 bridgehead atoms. The number of amides is 1. The van der Waals surface area contributed by atoms with E-state index in [1.807, 2.05) is 6.92 Å². The number of aliphatic hydroxyl groups is 1. The first-order valence-electron chi connectivity index (χ1n) is 13.5. The zero-order chi connectivity index (χ0) is 30.4. The summed E-state index contributed by atoms with van der Waals surface area (Å²) in [7, 11) is 0. The van der Waals surface area contributed by atoms with Crippen LogP contribution in [0, 0.1) is 6.92 Å². The highest BCUT2D eigenvalue weighted by Crippen LogP contribution is 2.45. The van der Waals surface area contributed by atoms with Crippen LogP contribution in [-0.4, -0.2) is 52.7 Å². The van der Waals surface area contributed by atoms with E-state index in [9.17, 15) is 24.6 Å². The van der Waals surface area contributed by atoms with Crippen molar-refractivity contribution >= 4 is 39.9 Å². The number of aromatic nitrogens is 1. The van der Waals surface area contributed by atoms with Gasteiger partial charge in [-0.05, 0) is 50.1 Å². The summed E-state index contributed by atoms with van der Waals surface area (Å²) in [6.07, 6.45) is 3.22. The second-order valence-corrected chi connectivity index (χ2v) is 10.3. The number of carbonyl (C=O) groups excluding carboxylic acids is 3. The maximum Gasteiger partial charge on any atom is 0.350 e. The van der Waals surface area contributed by atoms with Crippen molar-refractivity contribution in [2.45, 2.75) is 39.7 Å². The van der Waals surface area contributed by atoms with E-state index in [2.05, 4.69) is 11.6 Å². The van der Waals surface area contributed by atoms with Crippen molar-refractivity contribution in [3.63, 3.8) is 0 Å². The number of Topliss-reactive ketones (excluding diaryl/α,β-unsaturated/α-hetero) is 1. The Morgan fingerprint density at radius 1 is 1.17 bits per heavy atom. The lowest BCUT2D eigenvalue weighted by atomic mass is 9.95. The summed E-state index contributed by atoms with van der Waals surface area (Å²) in [5.74, 6) is -2.44. The van der Waals surface area contributed by atoms with Crippen LogP contribution in [0.15, 0.2) is 60.7 Å². The summed E-state index contributed by atoms with van der Waals surface area (Å²) in [6.45, 7) is 9.65. The number of benzene rings is 2. The van der Waals surface area contributed by atoms with E-state index in [1.165, 1.54) is 24.3 Å². The molecule has 42 heavy (non-hydrogen) atoms. The summed E-state index contributed by atoms with van der Waals surface area (Å²) < 4.78 is 16.5. The number of aryl methyl sites for hydroxylation is 1. The molecule has 1 amide bonds. The first kappa shape index (κ1) is 30.3. The summed E-state index contributed by atoms with van der Waals surface area (Å²) in [4.78, 5) is 45.5. The summed E-state index contributed by atoms with van der Waals surface area (Å²) in [5, 5.41) is 21.9. The predicted octanol–water partition coefficient (Wildman–Crippen LogP) is 5.70. The Balaban J connectivity index is 1.87. The summed E-state index contributed by atoms with van der Waals surface area (Å²) in [5.41, 5.74) is 0.764. The van der Waals surface area contributed by atoms with Crippen molar-refractivity contribution in [3.05, 3.63) is 82.4 Å². The molecule has 220 valence electrons. The number of phenols is 1. The molecule has 0 aliphatic carbocycles. The number of nitrogens with zero attached hydrogens (tertiary/aromatic N) is 2. The van der Waals surface area contributed by atoms with Crippen LogP contribution in [0.4, 0.5) is 5.13 Å². The largest absolute Gasteiger partial charge is 0.507 e. The van der Waals surface area contributed by atoms with Gasteiger partial charge in [0.1, 0.15) is 23.0 Å². The van der Waals surface area contributed by atoms with E-state index in [0.29, 0.717) is 23.6 Å². The number of anilines is 1. The molecule has 1 aliphatic rings. The van der Waals surface area contributed by atoms with Crippen LogP contribution in [0.5, 0.6) is 17.2 Å². The third-order valence-corrected chi connectivity index (χ3v) is 7.56. The second-order valence-electron chi connectivity index (χ2n) is 9.36. The minimum Gasteiger partial charge on any atom is -0.507 e. The van der Waals surface area contributed by atoms with Crippen LogP contribution in [-0.2, 0) is 14.3 Å². The number of hydrogen-bond acceptors (Lipinski definition) is 10. The number of rotatable bonds is 12. The molecule has 0 spiro atoms. The monoisotopic (exact) mass is 592 g/mol. The number of thiazole rings is 1. The second kappa shape index (κ2) is 13.3. The number of phenolic OH excluding ortho intramolecular Hbond substituents is 1. The Morgan fingerprint density at radius 3 is 2.67 bits per heavy atom. The van der Waals surface area contributed by atoms with Gasteiger partial charge in [0.05, 0.1) is 30.5 Å². The molecule has 0 saturated carbocycles. The highest BCUT2D eigenvalue weighted by atomic mass is 32.1. The molecule has 2 heterocycles. The fraction of sp³-hybridized carbons (Fsp3) is 0.290. The smallest absolute Gasteiger partial charge is 0.350 e. The minimum atomic E-state index is -1.16. The molecular formula is C31H32N2O8S. The molecule has 1 unspecified atom stereocenters. The number of ketones is 1. The maximum absolute atomic E-state index is 13.6. The highest BCUT2D eigenvalue weighted by Gasteiger charge is 2.48. The van der Waals surface area contributed by atoms with Gasteiger partial charge in [-0.25, -0.2) is 9.78 Å². The van der Waals surface area contributed by atoms with E-state index < -0.39 is 29.5 Å². The Morgan fingerprint density at radius 2 is 1.95 bits per heavy atom. The van der Waals surface area contributed by atoms with E-state index in [4.69, 9.17) is 14.2 Å². The van der Waals surface area contributed by atoms with Crippen molar-refractivity contribution in [1.82, 2.24) is 4.98 Å². The van der Waals surface area contributed by atoms with Gasteiger partial charge in [0.2, 0.25) is 0 Å². The predicted molar refractivity (Wildman–Crippen MR) is 158 cm³/mol. The van der Waals surface area contributed by atoms with Crippen molar-refractivity contribution in [2.75, 3.05) is 24.7 Å². The Labute approximate surface area is 247 Å². The van der Waals surface area contributed by atoms with Gasteiger partial charge in [0.25, 0.3) is 5.78 Å². The number of ether oxygens (including phenoxy) is 3. The first-order valence-corrected chi connectivity index (χ1v) is 14.3. The topological polar surface area (TPSA) is 135 Å². The van der Waals surface area contributed by atoms with Crippen molar-refractivity contribution in [3.8, 4) is 17.2 Å². The molecule has 2 N–H and O–H groups in total. The molecule has 0 radical (unpaired) electrons. The lowest BCUT2D eigenvalue weighted by Crippen LogP contribution is -2.29. The number of carbonyl (C=O) groups is 3. The molecular weight excluding hydrogens is 560 g/mol. The third kappa shape index (κ3) is 6.15. The van der Waals surface area contributed by atoms with Crippen LogP contribution in [0.3, 0.4) is 0 Å². The molecule has 1 aromatic heterocycles. The number of esters is 1. The summed E-state index contributed by atoms with van der Waals surface area (Å²) in [6, 6.07) is 9.88. The zero-order valence-electron chi connectivity index (χ0n) is 23.6. The number of unbranched alkanes of at least 4 members (excludes halogenated alkanes) is 1. The maximum atomic E-state index is 13.6. The molecule has 1 aliphatic heterocycles. The quantitative estimate of drug-likeness (QED) is 0.0677. The SMILES string of the molecule is C=CCOC(=O)c1sc(N2C(=O)C(=O)C(=C(O)c3cccc(OCCCC)c3)C2c2ccc(O)c(OCC)c2)nc1C. The van der Waals surface area contributed by atoms with Crippen LogP contribution < -0.4 is 14.4 Å². The fourth-order valence-corrected chi connectivity index (χ4v) is 5.40. The molecule has 2 aromatic carbocycles. The third-order valence-electron chi connectivity index (χ3n) is 6.43. The average molecular weight is 593 g/mol. The van der Waals surface area contributed by atoms with Gasteiger partial charge in [0.15, 0.2) is 16.6 Å². The number of hydrogen-bond donors (Lipinski definition) is 2. The van der Waals surface area contributed by atoms with Crippen molar-refractivity contribution < 1.29 is 38.8 Å². The van der Waals surface area contributed by atoms with Gasteiger partial charge >= 0.3 is 11.9 Å². The average Bonchev–Trinajstić information content (AvgIpc) is 3.49. The fourth-order valence-electron chi connectivity index (χ4n) is 4.41. The van der Waals surface area contributed by atoms with Gasteiger partial charge in [-0.15, -0.1) is 0 Å². The lowest BCUT2D eigenvalue weighted by Gasteiger charge is -2.23. The van der Waals surface area contributed by atoms with Crippen molar-refractivity contribution in [1.29, 1.82) is 0 Å². The van der Waals surface area contributed by atoms with Crippen LogP contribution in [0.1, 0.15) is 59.2 Å². The van der Waals surface area contributed by atoms with Gasteiger partial charge < -0.3 is 24.4 Å². The molecule has 11 heteroatoms. The van der Waals surface area contributed by atoms with Gasteiger partial charge in [0, 0.05) is 5.56 Å². The highest BCUT2D eigenvalue weighted by molar-refractivity contribution is 7.17. The van der Waals surface area contributed by atoms with Gasteiger partial charge in [-0.3, -0.25) is 14.5 Å². The molecule has 4 rings (SSSR count). The van der Waals surface area contributed by atoms with Crippen LogP contribution in [0.2, 0.25) is 0 Å².